The number of hydrogen-bond donors (Lipinski definition) is 2. The van der Waals surface area contributed by atoms with E-state index < -0.39 is 16.2 Å². The molecule has 172 valence electrons. The number of hydrogen-bond acceptors (Lipinski definition) is 3. The number of alkyl halides is 2. The molecule has 1 aromatic heterocycles. The molecule has 10 heteroatoms. The van der Waals surface area contributed by atoms with E-state index in [2.05, 4.69) is 15.7 Å². The van der Waals surface area contributed by atoms with Crippen molar-refractivity contribution in [1.82, 2.24) is 15.1 Å². The zero-order valence-corrected chi connectivity index (χ0v) is 20.5. The molecule has 1 heterocycles. The van der Waals surface area contributed by atoms with Gasteiger partial charge in [0, 0.05) is 35.6 Å². The normalized spacial score (nSPS) is 18.6. The highest BCUT2D eigenvalue weighted by atomic mass is 35.5. The quantitative estimate of drug-likeness (QED) is 0.402. The maximum Gasteiger partial charge on any atom is 0.252 e. The molecular formula is C23H20Cl4N4O2. The lowest BCUT2D eigenvalue weighted by Gasteiger charge is -2.10. The lowest BCUT2D eigenvalue weighted by molar-refractivity contribution is -0.117. The standard InChI is InChI=1S/C23H20Cl4N4O2/c1-13-9-14(11-15(24)10-13)19-20(23(19,26)27)22(33)30-16-3-4-18(25)17(12-16)21(32)28-6-8-31-7-2-5-29-31/h2-5,7,9-12,19-20H,6,8H2,1H3,(H,28,32)(H,30,33). The first kappa shape index (κ1) is 23.9. The summed E-state index contributed by atoms with van der Waals surface area (Å²) >= 11 is 25.3. The summed E-state index contributed by atoms with van der Waals surface area (Å²) in [5.41, 5.74) is 2.42. The molecule has 0 spiro atoms. The van der Waals surface area contributed by atoms with Crippen LogP contribution in [-0.2, 0) is 11.3 Å². The highest BCUT2D eigenvalue weighted by Crippen LogP contribution is 2.65. The Morgan fingerprint density at radius 1 is 1.15 bits per heavy atom. The molecule has 0 radical (unpaired) electrons. The van der Waals surface area contributed by atoms with Gasteiger partial charge in [-0.2, -0.15) is 5.10 Å². The van der Waals surface area contributed by atoms with Gasteiger partial charge in [0.15, 0.2) is 0 Å². The lowest BCUT2D eigenvalue weighted by Crippen LogP contribution is -2.27. The summed E-state index contributed by atoms with van der Waals surface area (Å²) in [5, 5.41) is 10.5. The SMILES string of the molecule is Cc1cc(Cl)cc(C2C(C(=O)Nc3ccc(Cl)c(C(=O)NCCn4cccn4)c3)C2(Cl)Cl)c1. The van der Waals surface area contributed by atoms with Gasteiger partial charge in [-0.3, -0.25) is 14.3 Å². The van der Waals surface area contributed by atoms with Crippen molar-refractivity contribution in [3.63, 3.8) is 0 Å². The second-order valence-corrected chi connectivity index (χ2v) is 10.2. The molecule has 33 heavy (non-hydrogen) atoms. The van der Waals surface area contributed by atoms with Crippen molar-refractivity contribution in [3.05, 3.63) is 81.6 Å². The van der Waals surface area contributed by atoms with Crippen molar-refractivity contribution in [2.45, 2.75) is 23.7 Å². The molecule has 0 aliphatic heterocycles. The first-order chi connectivity index (χ1) is 15.7. The number of aryl methyl sites for hydroxylation is 1. The van der Waals surface area contributed by atoms with Gasteiger partial charge in [-0.1, -0.05) is 29.3 Å². The molecule has 0 saturated heterocycles. The topological polar surface area (TPSA) is 76.0 Å². The van der Waals surface area contributed by atoms with Gasteiger partial charge in [0.25, 0.3) is 5.91 Å². The van der Waals surface area contributed by atoms with Crippen LogP contribution in [-0.4, -0.2) is 32.5 Å². The Kier molecular flexibility index (Phi) is 6.91. The summed E-state index contributed by atoms with van der Waals surface area (Å²) in [6, 6.07) is 12.0. The van der Waals surface area contributed by atoms with Gasteiger partial charge >= 0.3 is 0 Å². The third kappa shape index (κ3) is 5.30. The highest BCUT2D eigenvalue weighted by molar-refractivity contribution is 6.53. The number of anilines is 1. The van der Waals surface area contributed by atoms with Crippen LogP contribution in [0.2, 0.25) is 10.0 Å². The van der Waals surface area contributed by atoms with Crippen LogP contribution in [0.3, 0.4) is 0 Å². The van der Waals surface area contributed by atoms with Crippen LogP contribution in [0.25, 0.3) is 0 Å². The Balaban J connectivity index is 1.43. The van der Waals surface area contributed by atoms with Gasteiger partial charge in [0.1, 0.15) is 4.33 Å². The van der Waals surface area contributed by atoms with E-state index in [0.29, 0.717) is 23.8 Å². The molecule has 1 saturated carbocycles. The van der Waals surface area contributed by atoms with Gasteiger partial charge in [-0.05, 0) is 54.4 Å². The summed E-state index contributed by atoms with van der Waals surface area (Å²) in [7, 11) is 0. The summed E-state index contributed by atoms with van der Waals surface area (Å²) < 4.78 is 0.455. The van der Waals surface area contributed by atoms with Crippen molar-refractivity contribution >= 4 is 63.9 Å². The second kappa shape index (κ2) is 9.55. The van der Waals surface area contributed by atoms with Crippen molar-refractivity contribution in [2.24, 2.45) is 5.92 Å². The van der Waals surface area contributed by atoms with E-state index in [1.165, 1.54) is 6.07 Å². The number of rotatable bonds is 7. The van der Waals surface area contributed by atoms with Crippen LogP contribution in [0.5, 0.6) is 0 Å². The summed E-state index contributed by atoms with van der Waals surface area (Å²) in [6.45, 7) is 2.80. The van der Waals surface area contributed by atoms with Gasteiger partial charge < -0.3 is 10.6 Å². The van der Waals surface area contributed by atoms with Crippen molar-refractivity contribution in [2.75, 3.05) is 11.9 Å². The smallest absolute Gasteiger partial charge is 0.252 e. The molecule has 2 atom stereocenters. The molecule has 4 rings (SSSR count). The van der Waals surface area contributed by atoms with E-state index in [-0.39, 0.29) is 22.4 Å². The lowest BCUT2D eigenvalue weighted by atomic mass is 10.1. The Morgan fingerprint density at radius 3 is 2.64 bits per heavy atom. The Morgan fingerprint density at radius 2 is 1.94 bits per heavy atom. The van der Waals surface area contributed by atoms with Crippen molar-refractivity contribution < 1.29 is 9.59 Å². The number of halogens is 4. The van der Waals surface area contributed by atoms with Crippen molar-refractivity contribution in [3.8, 4) is 0 Å². The average molecular weight is 526 g/mol. The third-order valence-electron chi connectivity index (χ3n) is 5.42. The Labute approximate surface area is 211 Å². The van der Waals surface area contributed by atoms with Crippen LogP contribution in [0.4, 0.5) is 5.69 Å². The van der Waals surface area contributed by atoms with Crippen LogP contribution >= 0.6 is 46.4 Å². The van der Waals surface area contributed by atoms with E-state index in [0.717, 1.165) is 11.1 Å². The first-order valence-corrected chi connectivity index (χ1v) is 11.7. The molecule has 1 aliphatic rings. The summed E-state index contributed by atoms with van der Waals surface area (Å²) in [5.74, 6) is -1.77. The summed E-state index contributed by atoms with van der Waals surface area (Å²) in [4.78, 5) is 25.5. The average Bonchev–Trinajstić information content (AvgIpc) is 3.06. The van der Waals surface area contributed by atoms with Crippen LogP contribution in [0.1, 0.15) is 27.4 Å². The van der Waals surface area contributed by atoms with E-state index in [4.69, 9.17) is 46.4 Å². The predicted octanol–water partition coefficient (Wildman–Crippen LogP) is 5.45. The fraction of sp³-hybridized carbons (Fsp3) is 0.261. The van der Waals surface area contributed by atoms with E-state index in [1.54, 1.807) is 41.3 Å². The third-order valence-corrected chi connectivity index (χ3v) is 6.91. The number of nitrogens with one attached hydrogen (secondary N) is 2. The molecule has 0 bridgehead atoms. The number of carbonyl (C=O) groups excluding carboxylic acids is 2. The first-order valence-electron chi connectivity index (χ1n) is 10.2. The van der Waals surface area contributed by atoms with E-state index in [1.807, 2.05) is 19.1 Å². The number of carbonyl (C=O) groups is 2. The molecule has 2 N–H and O–H groups in total. The van der Waals surface area contributed by atoms with Gasteiger partial charge in [-0.15, -0.1) is 23.2 Å². The monoisotopic (exact) mass is 524 g/mol. The molecule has 3 aromatic rings. The maximum atomic E-state index is 13.0. The van der Waals surface area contributed by atoms with Gasteiger partial charge in [-0.25, -0.2) is 0 Å². The Hall–Kier alpha value is -2.25. The number of aromatic nitrogens is 2. The zero-order chi connectivity index (χ0) is 23.8. The molecule has 2 aromatic carbocycles. The van der Waals surface area contributed by atoms with E-state index >= 15 is 0 Å². The molecule has 1 fully saturated rings. The van der Waals surface area contributed by atoms with Crippen LogP contribution in [0.15, 0.2) is 54.9 Å². The minimum Gasteiger partial charge on any atom is -0.350 e. The van der Waals surface area contributed by atoms with Crippen LogP contribution in [0, 0.1) is 12.8 Å². The number of nitrogens with zero attached hydrogens (tertiary/aromatic N) is 2. The largest absolute Gasteiger partial charge is 0.350 e. The van der Waals surface area contributed by atoms with Crippen LogP contribution < -0.4 is 10.6 Å². The molecule has 1 aliphatic carbocycles. The molecule has 6 nitrogen and oxygen atoms in total. The second-order valence-electron chi connectivity index (χ2n) is 7.90. The zero-order valence-electron chi connectivity index (χ0n) is 17.5. The maximum absolute atomic E-state index is 13.0. The molecular weight excluding hydrogens is 506 g/mol. The summed E-state index contributed by atoms with van der Waals surface area (Å²) in [6.07, 6.45) is 3.47. The van der Waals surface area contributed by atoms with E-state index in [9.17, 15) is 9.59 Å². The fourth-order valence-electron chi connectivity index (χ4n) is 3.82. The van der Waals surface area contributed by atoms with Gasteiger partial charge in [0.05, 0.1) is 23.0 Å². The predicted molar refractivity (Wildman–Crippen MR) is 131 cm³/mol. The number of benzene rings is 2. The van der Waals surface area contributed by atoms with Crippen molar-refractivity contribution in [1.29, 1.82) is 0 Å². The highest BCUT2D eigenvalue weighted by Gasteiger charge is 2.67. The molecule has 2 amide bonds. The minimum absolute atomic E-state index is 0.246. The Bertz CT molecular complexity index is 1180. The fourth-order valence-corrected chi connectivity index (χ4v) is 5.15. The number of amides is 2. The molecule has 2 unspecified atom stereocenters. The van der Waals surface area contributed by atoms with Gasteiger partial charge in [0.2, 0.25) is 5.91 Å². The minimum atomic E-state index is -1.25.